The molecule has 0 saturated carbocycles. The van der Waals surface area contributed by atoms with Gasteiger partial charge < -0.3 is 20.3 Å². The number of benzene rings is 1. The number of hydrogen-bond donors (Lipinski definition) is 1. The summed E-state index contributed by atoms with van der Waals surface area (Å²) in [6, 6.07) is 9.91. The summed E-state index contributed by atoms with van der Waals surface area (Å²) >= 11 is 0. The number of rotatable bonds is 8. The van der Waals surface area contributed by atoms with Gasteiger partial charge in [0.1, 0.15) is 11.6 Å². The third-order valence-electron chi connectivity index (χ3n) is 4.94. The van der Waals surface area contributed by atoms with Crippen LogP contribution in [-0.4, -0.2) is 43.7 Å². The number of amides is 1. The molecule has 3 rings (SSSR count). The number of ether oxygens (including phenoxy) is 1. The summed E-state index contributed by atoms with van der Waals surface area (Å²) in [6.07, 6.45) is 2.49. The molecule has 1 fully saturated rings. The Bertz CT molecular complexity index is 761. The summed E-state index contributed by atoms with van der Waals surface area (Å²) in [5, 5.41) is 0. The van der Waals surface area contributed by atoms with E-state index in [1.807, 2.05) is 12.1 Å². The van der Waals surface area contributed by atoms with Crippen molar-refractivity contribution < 1.29 is 13.9 Å². The van der Waals surface area contributed by atoms with E-state index in [-0.39, 0.29) is 17.6 Å². The number of pyridine rings is 1. The molecule has 2 heterocycles. The molecule has 2 aromatic rings. The zero-order valence-electron chi connectivity index (χ0n) is 16.2. The second-order valence-corrected chi connectivity index (χ2v) is 6.85. The molecular formula is C21H27FN4O2. The summed E-state index contributed by atoms with van der Waals surface area (Å²) < 4.78 is 18.7. The molecule has 1 atom stereocenters. The standard InChI is InChI=1S/C21H27FN4O2/c1-2-25(11-10-23)20-8-3-16(13-24-20)14-26(19-6-4-18(22)5-7-19)21(27)17-9-12-28-15-17/h3-8,13,17H,2,9-12,14-15,23H2,1H3. The number of hydrogen-bond acceptors (Lipinski definition) is 5. The number of anilines is 2. The van der Waals surface area contributed by atoms with Crippen LogP contribution < -0.4 is 15.5 Å². The Hall–Kier alpha value is -2.51. The highest BCUT2D eigenvalue weighted by Crippen LogP contribution is 2.24. The first kappa shape index (κ1) is 20.2. The number of aromatic nitrogens is 1. The fourth-order valence-corrected chi connectivity index (χ4v) is 3.34. The Balaban J connectivity index is 1.80. The van der Waals surface area contributed by atoms with Crippen molar-refractivity contribution in [1.82, 2.24) is 4.98 Å². The predicted molar refractivity (Wildman–Crippen MR) is 108 cm³/mol. The van der Waals surface area contributed by atoms with Crippen molar-refractivity contribution in [2.75, 3.05) is 42.6 Å². The minimum atomic E-state index is -0.328. The Labute approximate surface area is 165 Å². The molecule has 0 aliphatic carbocycles. The van der Waals surface area contributed by atoms with Gasteiger partial charge in [-0.25, -0.2) is 9.37 Å². The predicted octanol–water partition coefficient (Wildman–Crippen LogP) is 2.58. The largest absolute Gasteiger partial charge is 0.381 e. The summed E-state index contributed by atoms with van der Waals surface area (Å²) in [5.74, 6) is 0.357. The topological polar surface area (TPSA) is 71.7 Å². The monoisotopic (exact) mass is 386 g/mol. The molecular weight excluding hydrogens is 359 g/mol. The summed E-state index contributed by atoms with van der Waals surface area (Å²) in [4.78, 5) is 21.4. The van der Waals surface area contributed by atoms with Gasteiger partial charge in [-0.15, -0.1) is 0 Å². The van der Waals surface area contributed by atoms with Crippen LogP contribution in [0, 0.1) is 11.7 Å². The zero-order chi connectivity index (χ0) is 19.9. The minimum Gasteiger partial charge on any atom is -0.381 e. The first-order chi connectivity index (χ1) is 13.6. The van der Waals surface area contributed by atoms with Gasteiger partial charge in [-0.3, -0.25) is 4.79 Å². The van der Waals surface area contributed by atoms with Crippen LogP contribution >= 0.6 is 0 Å². The molecule has 1 aromatic carbocycles. The van der Waals surface area contributed by atoms with Crippen LogP contribution in [0.4, 0.5) is 15.9 Å². The van der Waals surface area contributed by atoms with E-state index in [1.165, 1.54) is 12.1 Å². The molecule has 6 nitrogen and oxygen atoms in total. The summed E-state index contributed by atoms with van der Waals surface area (Å²) in [7, 11) is 0. The lowest BCUT2D eigenvalue weighted by Gasteiger charge is -2.26. The van der Waals surface area contributed by atoms with E-state index >= 15 is 0 Å². The first-order valence-electron chi connectivity index (χ1n) is 9.67. The van der Waals surface area contributed by atoms with Gasteiger partial charge in [0.25, 0.3) is 0 Å². The number of halogens is 1. The molecule has 150 valence electrons. The van der Waals surface area contributed by atoms with Crippen LogP contribution in [0.25, 0.3) is 0 Å². The van der Waals surface area contributed by atoms with E-state index in [4.69, 9.17) is 10.5 Å². The second kappa shape index (κ2) is 9.61. The molecule has 1 aliphatic rings. The highest BCUT2D eigenvalue weighted by atomic mass is 19.1. The van der Waals surface area contributed by atoms with Gasteiger partial charge in [0.05, 0.1) is 19.1 Å². The maximum Gasteiger partial charge on any atom is 0.232 e. The summed E-state index contributed by atoms with van der Waals surface area (Å²) in [6.45, 7) is 5.58. The van der Waals surface area contributed by atoms with Gasteiger partial charge >= 0.3 is 0 Å². The van der Waals surface area contributed by atoms with E-state index in [1.54, 1.807) is 23.2 Å². The smallest absolute Gasteiger partial charge is 0.232 e. The average Bonchev–Trinajstić information content (AvgIpc) is 3.26. The van der Waals surface area contributed by atoms with Crippen LogP contribution in [0.2, 0.25) is 0 Å². The zero-order valence-corrected chi connectivity index (χ0v) is 16.2. The first-order valence-corrected chi connectivity index (χ1v) is 9.67. The highest BCUT2D eigenvalue weighted by Gasteiger charge is 2.29. The van der Waals surface area contributed by atoms with E-state index in [9.17, 15) is 9.18 Å². The SMILES string of the molecule is CCN(CCN)c1ccc(CN(C(=O)C2CCOC2)c2ccc(F)cc2)cn1. The Kier molecular flexibility index (Phi) is 6.95. The molecule has 0 bridgehead atoms. The van der Waals surface area contributed by atoms with E-state index in [0.29, 0.717) is 38.4 Å². The Morgan fingerprint density at radius 3 is 2.64 bits per heavy atom. The van der Waals surface area contributed by atoms with Crippen molar-refractivity contribution >= 4 is 17.4 Å². The number of carbonyl (C=O) groups excluding carboxylic acids is 1. The molecule has 1 aliphatic heterocycles. The third kappa shape index (κ3) is 4.85. The highest BCUT2D eigenvalue weighted by molar-refractivity contribution is 5.95. The van der Waals surface area contributed by atoms with Crippen LogP contribution in [-0.2, 0) is 16.1 Å². The van der Waals surface area contributed by atoms with Gasteiger partial charge in [0.15, 0.2) is 0 Å². The molecule has 0 spiro atoms. The molecule has 1 saturated heterocycles. The quantitative estimate of drug-likeness (QED) is 0.755. The molecule has 1 unspecified atom stereocenters. The van der Waals surface area contributed by atoms with Crippen LogP contribution in [0.3, 0.4) is 0 Å². The number of carbonyl (C=O) groups is 1. The van der Waals surface area contributed by atoms with E-state index in [2.05, 4.69) is 16.8 Å². The lowest BCUT2D eigenvalue weighted by Crippen LogP contribution is -2.36. The molecule has 1 amide bonds. The molecule has 2 N–H and O–H groups in total. The maximum absolute atomic E-state index is 13.3. The number of nitrogens with zero attached hydrogens (tertiary/aromatic N) is 3. The lowest BCUT2D eigenvalue weighted by molar-refractivity contribution is -0.122. The Morgan fingerprint density at radius 1 is 1.29 bits per heavy atom. The van der Waals surface area contributed by atoms with Crippen molar-refractivity contribution in [2.24, 2.45) is 11.7 Å². The fourth-order valence-electron chi connectivity index (χ4n) is 3.34. The molecule has 7 heteroatoms. The number of nitrogens with two attached hydrogens (primary N) is 1. The van der Waals surface area contributed by atoms with Crippen molar-refractivity contribution in [2.45, 2.75) is 19.9 Å². The van der Waals surface area contributed by atoms with Gasteiger partial charge in [0, 0.05) is 38.1 Å². The van der Waals surface area contributed by atoms with Crippen LogP contribution in [0.15, 0.2) is 42.6 Å². The molecule has 28 heavy (non-hydrogen) atoms. The van der Waals surface area contributed by atoms with Crippen molar-refractivity contribution in [3.63, 3.8) is 0 Å². The average molecular weight is 386 g/mol. The maximum atomic E-state index is 13.3. The van der Waals surface area contributed by atoms with Gasteiger partial charge in [0.2, 0.25) is 5.91 Å². The normalized spacial score (nSPS) is 16.2. The minimum absolute atomic E-state index is 0.00787. The Morgan fingerprint density at radius 2 is 2.07 bits per heavy atom. The van der Waals surface area contributed by atoms with E-state index in [0.717, 1.165) is 24.5 Å². The van der Waals surface area contributed by atoms with Crippen LogP contribution in [0.1, 0.15) is 18.9 Å². The molecule has 0 radical (unpaired) electrons. The van der Waals surface area contributed by atoms with Crippen molar-refractivity contribution in [3.8, 4) is 0 Å². The summed E-state index contributed by atoms with van der Waals surface area (Å²) in [5.41, 5.74) is 7.23. The molecule has 1 aromatic heterocycles. The van der Waals surface area contributed by atoms with Gasteiger partial charge in [-0.05, 0) is 49.2 Å². The number of likely N-dealkylation sites (N-methyl/N-ethyl adjacent to an activating group) is 1. The fraction of sp³-hybridized carbons (Fsp3) is 0.429. The van der Waals surface area contributed by atoms with Crippen molar-refractivity contribution in [1.29, 1.82) is 0 Å². The third-order valence-corrected chi connectivity index (χ3v) is 4.94. The van der Waals surface area contributed by atoms with Crippen LogP contribution in [0.5, 0.6) is 0 Å². The lowest BCUT2D eigenvalue weighted by atomic mass is 10.1. The van der Waals surface area contributed by atoms with Gasteiger partial charge in [-0.2, -0.15) is 0 Å². The van der Waals surface area contributed by atoms with E-state index < -0.39 is 0 Å². The van der Waals surface area contributed by atoms with Crippen molar-refractivity contribution in [3.05, 3.63) is 54.0 Å². The second-order valence-electron chi connectivity index (χ2n) is 6.85. The van der Waals surface area contributed by atoms with Gasteiger partial charge in [-0.1, -0.05) is 6.07 Å².